The number of benzene rings is 1. The van der Waals surface area contributed by atoms with Gasteiger partial charge in [0.05, 0.1) is 16.5 Å². The van der Waals surface area contributed by atoms with Crippen molar-refractivity contribution in [2.45, 2.75) is 12.5 Å². The molecule has 102 valence electrons. The van der Waals surface area contributed by atoms with E-state index in [-0.39, 0.29) is 15.6 Å². The fourth-order valence-electron chi connectivity index (χ4n) is 1.25. The molecule has 0 aliphatic rings. The summed E-state index contributed by atoms with van der Waals surface area (Å²) in [5.41, 5.74) is 0.0889. The third-order valence-corrected chi connectivity index (χ3v) is 2.90. The van der Waals surface area contributed by atoms with Gasteiger partial charge in [-0.05, 0) is 18.2 Å². The molecule has 1 rings (SSSR count). The van der Waals surface area contributed by atoms with Gasteiger partial charge in [-0.3, -0.25) is 9.59 Å². The van der Waals surface area contributed by atoms with Gasteiger partial charge in [-0.1, -0.05) is 23.2 Å². The molecular formula is C11H9Cl2NO5. The first kappa shape index (κ1) is 15.3. The predicted molar refractivity (Wildman–Crippen MR) is 67.6 cm³/mol. The average molecular weight is 306 g/mol. The Balaban J connectivity index is 2.84. The van der Waals surface area contributed by atoms with E-state index < -0.39 is 30.3 Å². The molecule has 3 N–H and O–H groups in total. The molecule has 1 amide bonds. The first-order valence-corrected chi connectivity index (χ1v) is 5.77. The second-order valence-corrected chi connectivity index (χ2v) is 4.41. The summed E-state index contributed by atoms with van der Waals surface area (Å²) in [4.78, 5) is 33.0. The van der Waals surface area contributed by atoms with Crippen LogP contribution in [-0.4, -0.2) is 34.1 Å². The van der Waals surface area contributed by atoms with E-state index >= 15 is 0 Å². The molecular weight excluding hydrogens is 297 g/mol. The molecule has 0 saturated carbocycles. The lowest BCUT2D eigenvalue weighted by Gasteiger charge is -2.12. The topological polar surface area (TPSA) is 104 Å². The highest BCUT2D eigenvalue weighted by atomic mass is 35.5. The highest BCUT2D eigenvalue weighted by Gasteiger charge is 2.23. The maximum Gasteiger partial charge on any atom is 0.326 e. The summed E-state index contributed by atoms with van der Waals surface area (Å²) in [6, 6.07) is 2.48. The highest BCUT2D eigenvalue weighted by Crippen LogP contribution is 2.22. The summed E-state index contributed by atoms with van der Waals surface area (Å²) < 4.78 is 0. The van der Waals surface area contributed by atoms with Crippen molar-refractivity contribution in [3.63, 3.8) is 0 Å². The van der Waals surface area contributed by atoms with E-state index in [1.807, 2.05) is 0 Å². The Kier molecular flexibility index (Phi) is 5.14. The first-order valence-electron chi connectivity index (χ1n) is 5.01. The van der Waals surface area contributed by atoms with Crippen LogP contribution >= 0.6 is 23.2 Å². The van der Waals surface area contributed by atoms with Crippen LogP contribution < -0.4 is 5.32 Å². The number of rotatable bonds is 5. The third kappa shape index (κ3) is 4.42. The number of carbonyl (C=O) groups excluding carboxylic acids is 1. The molecule has 19 heavy (non-hydrogen) atoms. The minimum Gasteiger partial charge on any atom is -0.481 e. The molecule has 0 aliphatic carbocycles. The van der Waals surface area contributed by atoms with E-state index in [9.17, 15) is 14.4 Å². The minimum absolute atomic E-state index is 0.0889. The van der Waals surface area contributed by atoms with Crippen molar-refractivity contribution in [1.82, 2.24) is 5.32 Å². The number of carboxylic acid groups (broad SMARTS) is 2. The average Bonchev–Trinajstić information content (AvgIpc) is 2.31. The lowest BCUT2D eigenvalue weighted by Crippen LogP contribution is -2.42. The normalized spacial score (nSPS) is 11.7. The van der Waals surface area contributed by atoms with Crippen molar-refractivity contribution in [3.8, 4) is 0 Å². The molecule has 0 bridgehead atoms. The highest BCUT2D eigenvalue weighted by molar-refractivity contribution is 6.42. The fraction of sp³-hybridized carbons (Fsp3) is 0.182. The molecule has 8 heteroatoms. The molecule has 6 nitrogen and oxygen atoms in total. The molecule has 0 radical (unpaired) electrons. The van der Waals surface area contributed by atoms with Gasteiger partial charge in [0.2, 0.25) is 0 Å². The first-order chi connectivity index (χ1) is 8.81. The predicted octanol–water partition coefficient (Wildman–Crippen LogP) is 1.65. The van der Waals surface area contributed by atoms with Crippen molar-refractivity contribution < 1.29 is 24.6 Å². The van der Waals surface area contributed by atoms with E-state index in [0.29, 0.717) is 0 Å². The van der Waals surface area contributed by atoms with E-state index in [1.165, 1.54) is 18.2 Å². The summed E-state index contributed by atoms with van der Waals surface area (Å²) >= 11 is 11.4. The van der Waals surface area contributed by atoms with Gasteiger partial charge in [0.25, 0.3) is 5.91 Å². The van der Waals surface area contributed by atoms with Gasteiger partial charge in [-0.2, -0.15) is 0 Å². The third-order valence-electron chi connectivity index (χ3n) is 2.16. The lowest BCUT2D eigenvalue weighted by molar-refractivity contribution is -0.145. The smallest absolute Gasteiger partial charge is 0.326 e. The van der Waals surface area contributed by atoms with Gasteiger partial charge in [-0.25, -0.2) is 4.79 Å². The fourth-order valence-corrected chi connectivity index (χ4v) is 1.55. The Labute approximate surface area is 117 Å². The van der Waals surface area contributed by atoms with Crippen molar-refractivity contribution in [2.24, 2.45) is 0 Å². The van der Waals surface area contributed by atoms with Gasteiger partial charge in [-0.15, -0.1) is 0 Å². The summed E-state index contributed by atoms with van der Waals surface area (Å²) in [7, 11) is 0. The molecule has 0 heterocycles. The van der Waals surface area contributed by atoms with E-state index in [0.717, 1.165) is 0 Å². The lowest BCUT2D eigenvalue weighted by atomic mass is 10.1. The van der Waals surface area contributed by atoms with E-state index in [4.69, 9.17) is 33.4 Å². The van der Waals surface area contributed by atoms with Crippen LogP contribution in [-0.2, 0) is 9.59 Å². The molecule has 0 aliphatic heterocycles. The van der Waals surface area contributed by atoms with E-state index in [1.54, 1.807) is 0 Å². The van der Waals surface area contributed by atoms with E-state index in [2.05, 4.69) is 5.32 Å². The van der Waals surface area contributed by atoms with Crippen molar-refractivity contribution >= 4 is 41.0 Å². The quantitative estimate of drug-likeness (QED) is 0.767. The number of carboxylic acids is 2. The molecule has 0 spiro atoms. The second kappa shape index (κ2) is 6.40. The molecule has 0 aromatic heterocycles. The number of aliphatic carboxylic acids is 2. The Morgan fingerprint density at radius 3 is 2.26 bits per heavy atom. The van der Waals surface area contributed by atoms with Gasteiger partial charge < -0.3 is 15.5 Å². The van der Waals surface area contributed by atoms with Crippen molar-refractivity contribution in [2.75, 3.05) is 0 Å². The number of carbonyl (C=O) groups is 3. The number of hydrogen-bond acceptors (Lipinski definition) is 3. The number of nitrogens with one attached hydrogen (secondary N) is 1. The van der Waals surface area contributed by atoms with Crippen LogP contribution in [0.4, 0.5) is 0 Å². The van der Waals surface area contributed by atoms with Gasteiger partial charge in [0, 0.05) is 5.56 Å². The largest absolute Gasteiger partial charge is 0.481 e. The minimum atomic E-state index is -1.51. The number of hydrogen-bond donors (Lipinski definition) is 3. The summed E-state index contributed by atoms with van der Waals surface area (Å²) in [6.45, 7) is 0. The van der Waals surface area contributed by atoms with Gasteiger partial charge >= 0.3 is 11.9 Å². The zero-order valence-corrected chi connectivity index (χ0v) is 10.9. The zero-order valence-electron chi connectivity index (χ0n) is 9.39. The van der Waals surface area contributed by atoms with Crippen LogP contribution in [0.2, 0.25) is 10.0 Å². The Hall–Kier alpha value is -1.79. The van der Waals surface area contributed by atoms with Crippen LogP contribution in [0, 0.1) is 0 Å². The Morgan fingerprint density at radius 1 is 1.16 bits per heavy atom. The number of halogens is 2. The summed E-state index contributed by atoms with van der Waals surface area (Å²) in [5, 5.41) is 19.8. The van der Waals surface area contributed by atoms with Crippen molar-refractivity contribution in [1.29, 1.82) is 0 Å². The SMILES string of the molecule is O=C(O)C[C@H](NC(=O)c1ccc(Cl)c(Cl)c1)C(=O)O. The standard InChI is InChI=1S/C11H9Cl2NO5/c12-6-2-1-5(3-7(6)13)10(17)14-8(11(18)19)4-9(15)16/h1-3,8H,4H2,(H,14,17)(H,15,16)(H,18,19)/t8-/m0/s1. The number of amides is 1. The molecule has 1 aromatic rings. The van der Waals surface area contributed by atoms with Crippen LogP contribution in [0.25, 0.3) is 0 Å². The molecule has 1 aromatic carbocycles. The second-order valence-electron chi connectivity index (χ2n) is 3.59. The summed E-state index contributed by atoms with van der Waals surface area (Å²) in [5.74, 6) is -3.51. The van der Waals surface area contributed by atoms with Crippen LogP contribution in [0.1, 0.15) is 16.8 Å². The Bertz CT molecular complexity index is 532. The van der Waals surface area contributed by atoms with Crippen LogP contribution in [0.3, 0.4) is 0 Å². The molecule has 0 fully saturated rings. The van der Waals surface area contributed by atoms with Gasteiger partial charge in [0.1, 0.15) is 6.04 Å². The Morgan fingerprint density at radius 2 is 1.79 bits per heavy atom. The van der Waals surface area contributed by atoms with Crippen LogP contribution in [0.15, 0.2) is 18.2 Å². The van der Waals surface area contributed by atoms with Crippen molar-refractivity contribution in [3.05, 3.63) is 33.8 Å². The monoisotopic (exact) mass is 305 g/mol. The van der Waals surface area contributed by atoms with Gasteiger partial charge in [0.15, 0.2) is 0 Å². The summed E-state index contributed by atoms with van der Waals surface area (Å²) in [6.07, 6.45) is -0.720. The van der Waals surface area contributed by atoms with Crippen LogP contribution in [0.5, 0.6) is 0 Å². The maximum absolute atomic E-state index is 11.7. The zero-order chi connectivity index (χ0) is 14.6. The molecule has 1 atom stereocenters. The molecule has 0 saturated heterocycles. The maximum atomic E-state index is 11.7. The molecule has 0 unspecified atom stereocenters.